The maximum Gasteiger partial charge on any atom is 0.309 e. The normalized spacial score (nSPS) is 15.7. The van der Waals surface area contributed by atoms with Gasteiger partial charge in [0.05, 0.1) is 20.3 Å². The second-order valence-corrected chi connectivity index (χ2v) is 7.82. The Balaban J connectivity index is 1.46. The van der Waals surface area contributed by atoms with Crippen LogP contribution in [0.1, 0.15) is 36.9 Å². The van der Waals surface area contributed by atoms with Crippen LogP contribution in [0.5, 0.6) is 11.5 Å². The van der Waals surface area contributed by atoms with Crippen LogP contribution in [0.15, 0.2) is 48.5 Å². The van der Waals surface area contributed by atoms with Crippen LogP contribution in [0, 0.1) is 0 Å². The molecule has 0 aromatic heterocycles. The maximum atomic E-state index is 12.4. The molecule has 0 bridgehead atoms. The van der Waals surface area contributed by atoms with Crippen LogP contribution in [0.3, 0.4) is 0 Å². The first-order valence-corrected chi connectivity index (χ1v) is 10.6. The predicted molar refractivity (Wildman–Crippen MR) is 119 cm³/mol. The number of amides is 2. The van der Waals surface area contributed by atoms with E-state index in [1.807, 2.05) is 31.2 Å². The number of hydrogen-bond acceptors (Lipinski definition) is 5. The van der Waals surface area contributed by atoms with Crippen LogP contribution in [0.2, 0.25) is 0 Å². The number of methoxy groups -OCH3 is 2. The van der Waals surface area contributed by atoms with Crippen molar-refractivity contribution in [3.8, 4) is 11.5 Å². The van der Waals surface area contributed by atoms with Crippen molar-refractivity contribution in [2.75, 3.05) is 27.3 Å². The molecule has 0 saturated carbocycles. The van der Waals surface area contributed by atoms with Crippen LogP contribution >= 0.6 is 0 Å². The second kappa shape index (κ2) is 10.8. The van der Waals surface area contributed by atoms with Crippen molar-refractivity contribution in [1.82, 2.24) is 15.5 Å². The van der Waals surface area contributed by atoms with Gasteiger partial charge in [0.2, 0.25) is 0 Å². The molecule has 2 N–H and O–H groups in total. The third kappa shape index (κ3) is 6.21. The van der Waals surface area contributed by atoms with Gasteiger partial charge in [-0.3, -0.25) is 14.5 Å². The van der Waals surface area contributed by atoms with Gasteiger partial charge < -0.3 is 20.1 Å². The molecule has 0 spiro atoms. The van der Waals surface area contributed by atoms with Crippen molar-refractivity contribution in [3.63, 3.8) is 0 Å². The van der Waals surface area contributed by atoms with E-state index in [1.165, 1.54) is 5.56 Å². The van der Waals surface area contributed by atoms with Crippen molar-refractivity contribution in [2.24, 2.45) is 0 Å². The number of rotatable bonds is 7. The molecule has 2 amide bonds. The number of piperidine rings is 1. The number of benzene rings is 2. The highest BCUT2D eigenvalue weighted by Crippen LogP contribution is 2.29. The number of carbonyl (C=O) groups excluding carboxylic acids is 2. The van der Waals surface area contributed by atoms with Gasteiger partial charge in [0, 0.05) is 25.7 Å². The summed E-state index contributed by atoms with van der Waals surface area (Å²) < 4.78 is 10.5. The molecular formula is C24H31N3O4. The van der Waals surface area contributed by atoms with Gasteiger partial charge in [0.1, 0.15) is 0 Å². The Morgan fingerprint density at radius 1 is 1.00 bits per heavy atom. The molecule has 0 aliphatic carbocycles. The lowest BCUT2D eigenvalue weighted by Crippen LogP contribution is -2.49. The number of ether oxygens (including phenoxy) is 2. The molecule has 2 aromatic rings. The van der Waals surface area contributed by atoms with Gasteiger partial charge in [-0.2, -0.15) is 0 Å². The van der Waals surface area contributed by atoms with E-state index in [0.717, 1.165) is 38.0 Å². The third-order valence-electron chi connectivity index (χ3n) is 5.63. The summed E-state index contributed by atoms with van der Waals surface area (Å²) in [4.78, 5) is 27.2. The molecule has 1 atom stereocenters. The molecule has 1 aliphatic rings. The highest BCUT2D eigenvalue weighted by atomic mass is 16.5. The Bertz CT molecular complexity index is 880. The zero-order valence-electron chi connectivity index (χ0n) is 18.4. The van der Waals surface area contributed by atoms with E-state index in [2.05, 4.69) is 27.7 Å². The summed E-state index contributed by atoms with van der Waals surface area (Å²) in [5.74, 6) is -0.0308. The van der Waals surface area contributed by atoms with Gasteiger partial charge in [-0.05, 0) is 43.0 Å². The zero-order valence-corrected chi connectivity index (χ0v) is 18.4. The lowest BCUT2D eigenvalue weighted by atomic mass is 10.0. The van der Waals surface area contributed by atoms with Gasteiger partial charge in [0.25, 0.3) is 0 Å². The standard InChI is InChI=1S/C24H31N3O4/c1-17(19-9-10-21(30-2)22(15-19)31-3)25-23(28)24(29)26-20-11-13-27(14-12-20)16-18-7-5-4-6-8-18/h4-10,15,17,20H,11-14,16H2,1-3H3,(H,25,28)(H,26,29). The van der Waals surface area contributed by atoms with E-state index >= 15 is 0 Å². The van der Waals surface area contributed by atoms with Gasteiger partial charge in [-0.1, -0.05) is 36.4 Å². The molecule has 1 saturated heterocycles. The van der Waals surface area contributed by atoms with Gasteiger partial charge in [-0.25, -0.2) is 0 Å². The fourth-order valence-electron chi connectivity index (χ4n) is 3.80. The summed E-state index contributed by atoms with van der Waals surface area (Å²) in [7, 11) is 3.13. The molecule has 31 heavy (non-hydrogen) atoms. The Kier molecular flexibility index (Phi) is 7.89. The molecule has 3 rings (SSSR count). The zero-order chi connectivity index (χ0) is 22.2. The van der Waals surface area contributed by atoms with Gasteiger partial charge in [0.15, 0.2) is 11.5 Å². The fourth-order valence-corrected chi connectivity index (χ4v) is 3.80. The smallest absolute Gasteiger partial charge is 0.309 e. The van der Waals surface area contributed by atoms with Crippen LogP contribution in [0.25, 0.3) is 0 Å². The Hall–Kier alpha value is -3.06. The highest BCUT2D eigenvalue weighted by molar-refractivity contribution is 6.35. The van der Waals surface area contributed by atoms with Crippen molar-refractivity contribution in [2.45, 2.75) is 38.4 Å². The van der Waals surface area contributed by atoms with Crippen LogP contribution in [0.4, 0.5) is 0 Å². The van der Waals surface area contributed by atoms with Crippen LogP contribution < -0.4 is 20.1 Å². The number of hydrogen-bond donors (Lipinski definition) is 2. The van der Waals surface area contributed by atoms with E-state index in [9.17, 15) is 9.59 Å². The van der Waals surface area contributed by atoms with Crippen molar-refractivity contribution < 1.29 is 19.1 Å². The van der Waals surface area contributed by atoms with Crippen molar-refractivity contribution in [3.05, 3.63) is 59.7 Å². The summed E-state index contributed by atoms with van der Waals surface area (Å²) in [6, 6.07) is 15.4. The minimum Gasteiger partial charge on any atom is -0.493 e. The quantitative estimate of drug-likeness (QED) is 0.667. The molecule has 1 aliphatic heterocycles. The molecular weight excluding hydrogens is 394 g/mol. The molecule has 0 radical (unpaired) electrons. The van der Waals surface area contributed by atoms with E-state index in [1.54, 1.807) is 26.4 Å². The average molecular weight is 426 g/mol. The number of nitrogens with zero attached hydrogens (tertiary/aromatic N) is 1. The highest BCUT2D eigenvalue weighted by Gasteiger charge is 2.24. The molecule has 166 valence electrons. The summed E-state index contributed by atoms with van der Waals surface area (Å²) in [5.41, 5.74) is 2.11. The molecule has 1 fully saturated rings. The minimum absolute atomic E-state index is 0.0154. The molecule has 1 unspecified atom stereocenters. The monoisotopic (exact) mass is 425 g/mol. The Morgan fingerprint density at radius 2 is 1.68 bits per heavy atom. The molecule has 7 nitrogen and oxygen atoms in total. The molecule has 7 heteroatoms. The third-order valence-corrected chi connectivity index (χ3v) is 5.63. The summed E-state index contributed by atoms with van der Waals surface area (Å²) in [5, 5.41) is 5.64. The van der Waals surface area contributed by atoms with E-state index in [-0.39, 0.29) is 12.1 Å². The first kappa shape index (κ1) is 22.6. The first-order chi connectivity index (χ1) is 15.0. The van der Waals surface area contributed by atoms with Crippen LogP contribution in [-0.2, 0) is 16.1 Å². The van der Waals surface area contributed by atoms with E-state index < -0.39 is 11.8 Å². The maximum absolute atomic E-state index is 12.4. The Morgan fingerprint density at radius 3 is 2.32 bits per heavy atom. The number of carbonyl (C=O) groups is 2. The van der Waals surface area contributed by atoms with Gasteiger partial charge in [-0.15, -0.1) is 0 Å². The summed E-state index contributed by atoms with van der Waals surface area (Å²) in [6.07, 6.45) is 1.66. The van der Waals surface area contributed by atoms with E-state index in [4.69, 9.17) is 9.47 Å². The van der Waals surface area contributed by atoms with E-state index in [0.29, 0.717) is 11.5 Å². The second-order valence-electron chi connectivity index (χ2n) is 7.82. The van der Waals surface area contributed by atoms with Crippen LogP contribution in [-0.4, -0.2) is 50.1 Å². The lowest BCUT2D eigenvalue weighted by Gasteiger charge is -2.32. The largest absolute Gasteiger partial charge is 0.493 e. The average Bonchev–Trinajstić information content (AvgIpc) is 2.80. The Labute approximate surface area is 183 Å². The fraction of sp³-hybridized carbons (Fsp3) is 0.417. The first-order valence-electron chi connectivity index (χ1n) is 10.6. The lowest BCUT2D eigenvalue weighted by molar-refractivity contribution is -0.140. The minimum atomic E-state index is -0.631. The number of nitrogens with one attached hydrogen (secondary N) is 2. The van der Waals surface area contributed by atoms with Gasteiger partial charge >= 0.3 is 11.8 Å². The topological polar surface area (TPSA) is 79.9 Å². The molecule has 2 aromatic carbocycles. The summed E-state index contributed by atoms with van der Waals surface area (Å²) in [6.45, 7) is 4.52. The SMILES string of the molecule is COc1ccc(C(C)NC(=O)C(=O)NC2CCN(Cc3ccccc3)CC2)cc1OC. The predicted octanol–water partition coefficient (Wildman–Crippen LogP) is 2.66. The molecule has 1 heterocycles. The number of likely N-dealkylation sites (tertiary alicyclic amines) is 1. The summed E-state index contributed by atoms with van der Waals surface area (Å²) >= 11 is 0. The van der Waals surface area contributed by atoms with Crippen molar-refractivity contribution >= 4 is 11.8 Å². The van der Waals surface area contributed by atoms with Crippen molar-refractivity contribution in [1.29, 1.82) is 0 Å².